The summed E-state index contributed by atoms with van der Waals surface area (Å²) in [5.41, 5.74) is 0.00740. The number of nitrogens with zero attached hydrogens (tertiary/aromatic N) is 2. The minimum Gasteiger partial charge on any atom is -0.372 e. The number of hydrogen-bond acceptors (Lipinski definition) is 4. The third-order valence-electron chi connectivity index (χ3n) is 3.56. The molecule has 1 N–H and O–H groups in total. The maximum Gasteiger partial charge on any atom is 0.244 e. The molecule has 0 unspecified atom stereocenters. The maximum atomic E-state index is 12.6. The van der Waals surface area contributed by atoms with Crippen LogP contribution in [-0.2, 0) is 10.0 Å². The van der Waals surface area contributed by atoms with Crippen molar-refractivity contribution >= 4 is 27.4 Å². The van der Waals surface area contributed by atoms with Gasteiger partial charge >= 0.3 is 0 Å². The number of rotatable bonds is 3. The van der Waals surface area contributed by atoms with Crippen LogP contribution in [0.15, 0.2) is 17.2 Å². The molecule has 1 saturated heterocycles. The fraction of sp³-hybridized carbons (Fsp3) is 0.615. The molecular weight excluding hydrogens is 298 g/mol. The zero-order valence-corrected chi connectivity index (χ0v) is 13.6. The third-order valence-corrected chi connectivity index (χ3v) is 5.65. The van der Waals surface area contributed by atoms with Gasteiger partial charge in [-0.3, -0.25) is 0 Å². The van der Waals surface area contributed by atoms with Crippen molar-refractivity contribution in [3.8, 4) is 0 Å². The summed E-state index contributed by atoms with van der Waals surface area (Å²) < 4.78 is 26.8. The Morgan fingerprint density at radius 3 is 2.70 bits per heavy atom. The van der Waals surface area contributed by atoms with Gasteiger partial charge in [0.1, 0.15) is 10.7 Å². The van der Waals surface area contributed by atoms with Gasteiger partial charge in [0.2, 0.25) is 10.0 Å². The molecule has 5 nitrogen and oxygen atoms in total. The van der Waals surface area contributed by atoms with Crippen LogP contribution < -0.4 is 5.32 Å². The van der Waals surface area contributed by atoms with E-state index in [1.54, 1.807) is 7.05 Å². The van der Waals surface area contributed by atoms with Crippen LogP contribution in [0.1, 0.15) is 26.7 Å². The molecule has 0 atom stereocenters. The second-order valence-electron chi connectivity index (χ2n) is 5.86. The zero-order valence-electron chi connectivity index (χ0n) is 12.0. The molecule has 2 heterocycles. The topological polar surface area (TPSA) is 62.3 Å². The molecule has 0 aromatic carbocycles. The summed E-state index contributed by atoms with van der Waals surface area (Å²) >= 11 is 6.02. The minimum atomic E-state index is -3.52. The van der Waals surface area contributed by atoms with Crippen molar-refractivity contribution in [1.29, 1.82) is 0 Å². The highest BCUT2D eigenvalue weighted by atomic mass is 35.5. The van der Waals surface area contributed by atoms with Gasteiger partial charge in [0, 0.05) is 26.3 Å². The number of hydrogen-bond donors (Lipinski definition) is 1. The van der Waals surface area contributed by atoms with Crippen LogP contribution in [0.2, 0.25) is 5.02 Å². The Hall–Kier alpha value is -0.850. The largest absolute Gasteiger partial charge is 0.372 e. The highest BCUT2D eigenvalue weighted by molar-refractivity contribution is 7.89. The van der Waals surface area contributed by atoms with Crippen molar-refractivity contribution in [2.75, 3.05) is 25.5 Å². The lowest BCUT2D eigenvalue weighted by atomic mass is 9.85. The van der Waals surface area contributed by atoms with Gasteiger partial charge in [0.15, 0.2) is 0 Å². The SMILES string of the molecule is CNc1ncc(S(=O)(=O)N2CCCC(C)(C)C2)cc1Cl. The summed E-state index contributed by atoms with van der Waals surface area (Å²) in [6.07, 6.45) is 3.27. The minimum absolute atomic E-state index is 0.00740. The number of nitrogens with one attached hydrogen (secondary N) is 1. The number of anilines is 1. The maximum absolute atomic E-state index is 12.6. The lowest BCUT2D eigenvalue weighted by Gasteiger charge is -2.37. The number of aromatic nitrogens is 1. The molecule has 1 aliphatic rings. The van der Waals surface area contributed by atoms with Gasteiger partial charge < -0.3 is 5.32 Å². The summed E-state index contributed by atoms with van der Waals surface area (Å²) in [5, 5.41) is 3.13. The highest BCUT2D eigenvalue weighted by Crippen LogP contribution is 2.32. The average molecular weight is 318 g/mol. The van der Waals surface area contributed by atoms with Gasteiger partial charge in [-0.05, 0) is 24.3 Å². The van der Waals surface area contributed by atoms with Gasteiger partial charge in [0.25, 0.3) is 0 Å². The first kappa shape index (κ1) is 15.5. The van der Waals surface area contributed by atoms with Crippen molar-refractivity contribution in [3.63, 3.8) is 0 Å². The molecule has 1 aliphatic heterocycles. The van der Waals surface area contributed by atoms with E-state index in [2.05, 4.69) is 24.1 Å². The van der Waals surface area contributed by atoms with Crippen LogP contribution in [0.4, 0.5) is 5.82 Å². The Bertz CT molecular complexity index is 602. The molecule has 0 spiro atoms. The van der Waals surface area contributed by atoms with E-state index >= 15 is 0 Å². The van der Waals surface area contributed by atoms with E-state index < -0.39 is 10.0 Å². The summed E-state index contributed by atoms with van der Waals surface area (Å²) in [6, 6.07) is 1.46. The highest BCUT2D eigenvalue weighted by Gasteiger charge is 2.34. The molecule has 0 saturated carbocycles. The number of sulfonamides is 1. The van der Waals surface area contributed by atoms with Crippen LogP contribution in [0.25, 0.3) is 0 Å². The van der Waals surface area contributed by atoms with Crippen LogP contribution in [0.3, 0.4) is 0 Å². The summed E-state index contributed by atoms with van der Waals surface area (Å²) in [6.45, 7) is 5.26. The molecule has 1 aromatic heterocycles. The molecule has 0 radical (unpaired) electrons. The van der Waals surface area contributed by atoms with Gasteiger partial charge in [0.05, 0.1) is 5.02 Å². The Morgan fingerprint density at radius 2 is 2.15 bits per heavy atom. The van der Waals surface area contributed by atoms with Gasteiger partial charge in [-0.1, -0.05) is 25.4 Å². The Balaban J connectivity index is 2.33. The van der Waals surface area contributed by atoms with Crippen molar-refractivity contribution in [2.24, 2.45) is 5.41 Å². The van der Waals surface area contributed by atoms with Crippen LogP contribution in [0.5, 0.6) is 0 Å². The van der Waals surface area contributed by atoms with Gasteiger partial charge in [-0.2, -0.15) is 4.31 Å². The molecule has 0 bridgehead atoms. The number of halogens is 1. The lowest BCUT2D eigenvalue weighted by molar-refractivity contribution is 0.187. The van der Waals surface area contributed by atoms with E-state index in [4.69, 9.17) is 11.6 Å². The van der Waals surface area contributed by atoms with Crippen LogP contribution in [-0.4, -0.2) is 37.8 Å². The van der Waals surface area contributed by atoms with E-state index in [0.717, 1.165) is 12.8 Å². The van der Waals surface area contributed by atoms with E-state index in [-0.39, 0.29) is 10.3 Å². The number of pyridine rings is 1. The predicted octanol–water partition coefficient (Wildman–Crippen LogP) is 2.59. The fourth-order valence-electron chi connectivity index (χ4n) is 2.47. The standard InChI is InChI=1S/C13H20ClN3O2S/c1-13(2)5-4-6-17(9-13)20(18,19)10-7-11(14)12(15-3)16-8-10/h7-8H,4-6,9H2,1-3H3,(H,15,16). The molecule has 1 aromatic rings. The van der Waals surface area contributed by atoms with Crippen LogP contribution in [0, 0.1) is 5.41 Å². The molecule has 1 fully saturated rings. The van der Waals surface area contributed by atoms with Gasteiger partial charge in [-0.25, -0.2) is 13.4 Å². The Morgan fingerprint density at radius 1 is 1.45 bits per heavy atom. The summed E-state index contributed by atoms with van der Waals surface area (Å²) in [5.74, 6) is 0.476. The van der Waals surface area contributed by atoms with Crippen LogP contribution >= 0.6 is 11.6 Å². The molecule has 0 aliphatic carbocycles. The lowest BCUT2D eigenvalue weighted by Crippen LogP contribution is -2.43. The monoisotopic (exact) mass is 317 g/mol. The number of piperidine rings is 1. The first-order chi connectivity index (χ1) is 9.26. The Labute approximate surface area is 125 Å². The fourth-order valence-corrected chi connectivity index (χ4v) is 4.43. The van der Waals surface area contributed by atoms with E-state index in [0.29, 0.717) is 23.9 Å². The van der Waals surface area contributed by atoms with Crippen molar-refractivity contribution in [2.45, 2.75) is 31.6 Å². The van der Waals surface area contributed by atoms with Crippen molar-refractivity contribution in [1.82, 2.24) is 9.29 Å². The van der Waals surface area contributed by atoms with Gasteiger partial charge in [-0.15, -0.1) is 0 Å². The second-order valence-corrected chi connectivity index (χ2v) is 8.20. The zero-order chi connectivity index (χ0) is 15.0. The molecule has 7 heteroatoms. The van der Waals surface area contributed by atoms with E-state index in [9.17, 15) is 8.42 Å². The molecule has 112 valence electrons. The second kappa shape index (κ2) is 5.50. The Kier molecular flexibility index (Phi) is 4.27. The normalized spacial score (nSPS) is 19.8. The molecule has 0 amide bonds. The molecule has 2 rings (SSSR count). The molecular formula is C13H20ClN3O2S. The predicted molar refractivity (Wildman–Crippen MR) is 80.6 cm³/mol. The smallest absolute Gasteiger partial charge is 0.244 e. The first-order valence-corrected chi connectivity index (χ1v) is 8.41. The van der Waals surface area contributed by atoms with E-state index in [1.807, 2.05) is 0 Å². The van der Waals surface area contributed by atoms with Crippen molar-refractivity contribution in [3.05, 3.63) is 17.3 Å². The molecule has 20 heavy (non-hydrogen) atoms. The average Bonchev–Trinajstić information content (AvgIpc) is 2.37. The summed E-state index contributed by atoms with van der Waals surface area (Å²) in [4.78, 5) is 4.20. The summed E-state index contributed by atoms with van der Waals surface area (Å²) in [7, 11) is -1.83. The first-order valence-electron chi connectivity index (χ1n) is 6.60. The van der Waals surface area contributed by atoms with Crippen molar-refractivity contribution < 1.29 is 8.42 Å². The quantitative estimate of drug-likeness (QED) is 0.930. The third kappa shape index (κ3) is 3.07. The van der Waals surface area contributed by atoms with E-state index in [1.165, 1.54) is 16.6 Å².